The Labute approximate surface area is 121 Å². The molecule has 1 aromatic carbocycles. The van der Waals surface area contributed by atoms with Crippen molar-refractivity contribution < 1.29 is 9.66 Å². The molecular formula is C14H14N4O3. The molecule has 1 aromatic heterocycles. The van der Waals surface area contributed by atoms with Crippen molar-refractivity contribution in [3.8, 4) is 23.1 Å². The van der Waals surface area contributed by atoms with Gasteiger partial charge in [-0.1, -0.05) is 0 Å². The van der Waals surface area contributed by atoms with Crippen LogP contribution in [-0.4, -0.2) is 21.1 Å². The van der Waals surface area contributed by atoms with Gasteiger partial charge in [0.2, 0.25) is 0 Å². The summed E-state index contributed by atoms with van der Waals surface area (Å²) in [6, 6.07) is 8.92. The molecular weight excluding hydrogens is 272 g/mol. The van der Waals surface area contributed by atoms with Gasteiger partial charge in [-0.05, 0) is 36.1 Å². The zero-order valence-electron chi connectivity index (χ0n) is 11.5. The number of hydrogen-bond acceptors (Lipinski definition) is 5. The van der Waals surface area contributed by atoms with Gasteiger partial charge in [0, 0.05) is 5.56 Å². The van der Waals surface area contributed by atoms with E-state index >= 15 is 0 Å². The molecule has 2 aromatic rings. The summed E-state index contributed by atoms with van der Waals surface area (Å²) in [5.41, 5.74) is 0.932. The second kappa shape index (κ2) is 6.52. The monoisotopic (exact) mass is 286 g/mol. The zero-order valence-corrected chi connectivity index (χ0v) is 11.5. The molecule has 0 aliphatic heterocycles. The number of aryl methyl sites for hydroxylation is 1. The van der Waals surface area contributed by atoms with Crippen LogP contribution in [0.25, 0.3) is 11.3 Å². The average Bonchev–Trinajstić information content (AvgIpc) is 2.90. The molecule has 0 fully saturated rings. The number of rotatable bonds is 6. The van der Waals surface area contributed by atoms with Crippen LogP contribution in [0.3, 0.4) is 0 Å². The molecule has 0 bridgehead atoms. The molecule has 0 saturated carbocycles. The van der Waals surface area contributed by atoms with Crippen LogP contribution in [-0.2, 0) is 6.54 Å². The van der Waals surface area contributed by atoms with Gasteiger partial charge >= 0.3 is 5.82 Å². The van der Waals surface area contributed by atoms with Gasteiger partial charge in [0.25, 0.3) is 0 Å². The fourth-order valence-corrected chi connectivity index (χ4v) is 1.98. The van der Waals surface area contributed by atoms with Crippen molar-refractivity contribution in [1.82, 2.24) is 9.55 Å². The van der Waals surface area contributed by atoms with Crippen LogP contribution in [0, 0.1) is 21.4 Å². The van der Waals surface area contributed by atoms with Gasteiger partial charge in [0.05, 0.1) is 19.1 Å². The predicted octanol–water partition coefficient (Wildman–Crippen LogP) is 2.77. The van der Waals surface area contributed by atoms with Crippen LogP contribution < -0.4 is 4.74 Å². The maximum atomic E-state index is 11.2. The number of nitrogens with zero attached hydrogens (tertiary/aromatic N) is 4. The number of nitro groups is 1. The first-order chi connectivity index (χ1) is 10.2. The quantitative estimate of drug-likeness (QED) is 0.601. The standard InChI is InChI=1S/C14H14N4O3/c1-2-21-12-6-4-11(5-7-12)13-14(18(19)20)17(10-16-13)9-3-8-15/h4-7,10H,2-3,9H2,1H3. The minimum Gasteiger partial charge on any atom is -0.494 e. The lowest BCUT2D eigenvalue weighted by Crippen LogP contribution is -2.02. The molecule has 0 aliphatic carbocycles. The maximum Gasteiger partial charge on any atom is 0.350 e. The average molecular weight is 286 g/mol. The number of aromatic nitrogens is 2. The summed E-state index contributed by atoms with van der Waals surface area (Å²) >= 11 is 0. The van der Waals surface area contributed by atoms with Crippen molar-refractivity contribution in [2.24, 2.45) is 0 Å². The molecule has 2 rings (SSSR count). The van der Waals surface area contributed by atoms with E-state index in [9.17, 15) is 10.1 Å². The van der Waals surface area contributed by atoms with Crippen LogP contribution in [0.5, 0.6) is 5.75 Å². The number of nitriles is 1. The SMILES string of the molecule is CCOc1ccc(-c2ncn(CCC#N)c2[N+](=O)[O-])cc1. The highest BCUT2D eigenvalue weighted by Crippen LogP contribution is 2.29. The normalized spacial score (nSPS) is 10.1. The molecule has 0 amide bonds. The number of hydrogen-bond donors (Lipinski definition) is 0. The third-order valence-corrected chi connectivity index (χ3v) is 2.89. The lowest BCUT2D eigenvalue weighted by molar-refractivity contribution is -0.391. The Kier molecular flexibility index (Phi) is 4.51. The Morgan fingerprint density at radius 1 is 1.43 bits per heavy atom. The highest BCUT2D eigenvalue weighted by atomic mass is 16.6. The lowest BCUT2D eigenvalue weighted by atomic mass is 10.1. The van der Waals surface area contributed by atoms with Crippen molar-refractivity contribution in [3.05, 3.63) is 40.7 Å². The first-order valence-corrected chi connectivity index (χ1v) is 6.47. The maximum absolute atomic E-state index is 11.2. The molecule has 0 unspecified atom stereocenters. The third-order valence-electron chi connectivity index (χ3n) is 2.89. The molecule has 7 heteroatoms. The van der Waals surface area contributed by atoms with Gasteiger partial charge in [-0.3, -0.25) is 0 Å². The van der Waals surface area contributed by atoms with Crippen molar-refractivity contribution in [1.29, 1.82) is 5.26 Å². The van der Waals surface area contributed by atoms with E-state index in [0.717, 1.165) is 0 Å². The molecule has 0 spiro atoms. The van der Waals surface area contributed by atoms with Gasteiger partial charge in [0.1, 0.15) is 12.3 Å². The van der Waals surface area contributed by atoms with E-state index in [1.807, 2.05) is 13.0 Å². The largest absolute Gasteiger partial charge is 0.494 e. The number of benzene rings is 1. The van der Waals surface area contributed by atoms with Crippen molar-refractivity contribution in [2.45, 2.75) is 19.9 Å². The summed E-state index contributed by atoms with van der Waals surface area (Å²) in [6.45, 7) is 2.69. The fourth-order valence-electron chi connectivity index (χ4n) is 1.98. The highest BCUT2D eigenvalue weighted by molar-refractivity contribution is 5.68. The van der Waals surface area contributed by atoms with E-state index in [1.54, 1.807) is 24.3 Å². The van der Waals surface area contributed by atoms with Crippen molar-refractivity contribution in [3.63, 3.8) is 0 Å². The van der Waals surface area contributed by atoms with Gasteiger partial charge in [-0.25, -0.2) is 9.55 Å². The van der Waals surface area contributed by atoms with E-state index in [4.69, 9.17) is 10.00 Å². The first-order valence-electron chi connectivity index (χ1n) is 6.47. The first kappa shape index (κ1) is 14.5. The van der Waals surface area contributed by atoms with Gasteiger partial charge < -0.3 is 14.9 Å². The van der Waals surface area contributed by atoms with Crippen LogP contribution in [0.4, 0.5) is 5.82 Å². The summed E-state index contributed by atoms with van der Waals surface area (Å²) in [5.74, 6) is 0.599. The molecule has 0 atom stereocenters. The molecule has 0 radical (unpaired) electrons. The minimum atomic E-state index is -0.476. The molecule has 0 saturated heterocycles. The molecule has 108 valence electrons. The Hall–Kier alpha value is -2.88. The molecule has 7 nitrogen and oxygen atoms in total. The van der Waals surface area contributed by atoms with E-state index < -0.39 is 4.92 Å². The van der Waals surface area contributed by atoms with Crippen LogP contribution in [0.2, 0.25) is 0 Å². The zero-order chi connectivity index (χ0) is 15.2. The Bertz CT molecular complexity index is 671. The number of imidazole rings is 1. The van der Waals surface area contributed by atoms with Crippen LogP contribution >= 0.6 is 0 Å². The predicted molar refractivity (Wildman–Crippen MR) is 75.7 cm³/mol. The second-order valence-electron chi connectivity index (χ2n) is 4.23. The summed E-state index contributed by atoms with van der Waals surface area (Å²) in [6.07, 6.45) is 1.58. The second-order valence-corrected chi connectivity index (χ2v) is 4.23. The van der Waals surface area contributed by atoms with Crippen LogP contribution in [0.1, 0.15) is 13.3 Å². The summed E-state index contributed by atoms with van der Waals surface area (Å²) in [4.78, 5) is 14.9. The van der Waals surface area contributed by atoms with E-state index in [1.165, 1.54) is 10.9 Å². The summed E-state index contributed by atoms with van der Waals surface area (Å²) < 4.78 is 6.72. The molecule has 1 heterocycles. The Balaban J connectivity index is 2.37. The third kappa shape index (κ3) is 3.17. The summed E-state index contributed by atoms with van der Waals surface area (Å²) in [7, 11) is 0. The highest BCUT2D eigenvalue weighted by Gasteiger charge is 2.22. The minimum absolute atomic E-state index is 0.102. The number of ether oxygens (including phenoxy) is 1. The van der Waals surface area contributed by atoms with Crippen molar-refractivity contribution >= 4 is 5.82 Å². The Morgan fingerprint density at radius 3 is 2.71 bits per heavy atom. The van der Waals surface area contributed by atoms with Crippen LogP contribution in [0.15, 0.2) is 30.6 Å². The molecule has 21 heavy (non-hydrogen) atoms. The van der Waals surface area contributed by atoms with Gasteiger partial charge in [0.15, 0.2) is 12.0 Å². The lowest BCUT2D eigenvalue weighted by Gasteiger charge is -2.04. The summed E-state index contributed by atoms with van der Waals surface area (Å²) in [5, 5.41) is 19.8. The van der Waals surface area contributed by atoms with Gasteiger partial charge in [-0.2, -0.15) is 5.26 Å². The van der Waals surface area contributed by atoms with E-state index in [2.05, 4.69) is 4.98 Å². The topological polar surface area (TPSA) is 94.0 Å². The Morgan fingerprint density at radius 2 is 2.14 bits per heavy atom. The van der Waals surface area contributed by atoms with Crippen molar-refractivity contribution in [2.75, 3.05) is 6.61 Å². The molecule has 0 aliphatic rings. The molecule has 0 N–H and O–H groups in total. The fraction of sp³-hybridized carbons (Fsp3) is 0.286. The smallest absolute Gasteiger partial charge is 0.350 e. The van der Waals surface area contributed by atoms with E-state index in [0.29, 0.717) is 23.6 Å². The van der Waals surface area contributed by atoms with Gasteiger partial charge in [-0.15, -0.1) is 0 Å². The van der Waals surface area contributed by atoms with E-state index in [-0.39, 0.29) is 18.8 Å².